The highest BCUT2D eigenvalue weighted by Gasteiger charge is 2.45. The van der Waals surface area contributed by atoms with E-state index in [4.69, 9.17) is 0 Å². The number of halogens is 1. The fourth-order valence-electron chi connectivity index (χ4n) is 3.72. The Morgan fingerprint density at radius 1 is 1.15 bits per heavy atom. The van der Waals surface area contributed by atoms with Crippen molar-refractivity contribution in [2.45, 2.75) is 25.2 Å². The van der Waals surface area contributed by atoms with E-state index in [0.29, 0.717) is 17.4 Å². The van der Waals surface area contributed by atoms with Crippen LogP contribution in [0.25, 0.3) is 0 Å². The summed E-state index contributed by atoms with van der Waals surface area (Å²) in [6.07, 6.45) is 2.69. The number of sulfone groups is 1. The minimum atomic E-state index is -2.81. The highest BCUT2D eigenvalue weighted by atomic mass is 79.9. The molecule has 1 unspecified atom stereocenters. The second-order valence-electron chi connectivity index (χ2n) is 6.04. The fourth-order valence-corrected chi connectivity index (χ4v) is 5.92. The van der Waals surface area contributed by atoms with E-state index in [0.717, 1.165) is 36.8 Å². The van der Waals surface area contributed by atoms with Crippen molar-refractivity contribution in [3.63, 3.8) is 0 Å². The van der Waals surface area contributed by atoms with Gasteiger partial charge in [-0.1, -0.05) is 34.1 Å². The summed E-state index contributed by atoms with van der Waals surface area (Å²) >= 11 is 3.66. The summed E-state index contributed by atoms with van der Waals surface area (Å²) in [5, 5.41) is 3.48. The molecule has 2 aliphatic heterocycles. The number of piperidine rings is 1. The summed E-state index contributed by atoms with van der Waals surface area (Å²) in [5.41, 5.74) is 1.47. The summed E-state index contributed by atoms with van der Waals surface area (Å²) in [6, 6.07) is 8.35. The van der Waals surface area contributed by atoms with Gasteiger partial charge in [-0.15, -0.1) is 0 Å². The molecule has 1 aromatic rings. The van der Waals surface area contributed by atoms with E-state index >= 15 is 0 Å². The molecule has 0 aromatic heterocycles. The second kappa shape index (κ2) is 5.43. The van der Waals surface area contributed by atoms with Gasteiger partial charge in [-0.05, 0) is 42.9 Å². The Kier molecular flexibility index (Phi) is 3.95. The molecule has 1 spiro atoms. The average Bonchev–Trinajstić information content (AvgIpc) is 2.44. The lowest BCUT2D eigenvalue weighted by Gasteiger charge is -2.47. The molecular weight excluding hydrogens is 338 g/mol. The molecular formula is C15H20BrNO2S. The van der Waals surface area contributed by atoms with Crippen LogP contribution in [0.1, 0.15) is 30.7 Å². The van der Waals surface area contributed by atoms with Crippen LogP contribution in [0, 0.1) is 5.41 Å². The number of rotatable bonds is 1. The van der Waals surface area contributed by atoms with E-state index in [1.807, 2.05) is 6.07 Å². The number of benzene rings is 1. The first-order valence-electron chi connectivity index (χ1n) is 7.18. The van der Waals surface area contributed by atoms with Gasteiger partial charge in [0.2, 0.25) is 0 Å². The molecule has 2 saturated heterocycles. The maximum atomic E-state index is 11.8. The molecule has 1 atom stereocenters. The number of nitrogens with one attached hydrogen (secondary N) is 1. The third-order valence-corrected chi connectivity index (χ3v) is 7.36. The van der Waals surface area contributed by atoms with E-state index in [9.17, 15) is 8.42 Å². The van der Waals surface area contributed by atoms with Gasteiger partial charge >= 0.3 is 0 Å². The Labute approximate surface area is 129 Å². The predicted octanol–water partition coefficient (Wildman–Crippen LogP) is 2.72. The Morgan fingerprint density at radius 3 is 2.55 bits per heavy atom. The van der Waals surface area contributed by atoms with Gasteiger partial charge in [-0.2, -0.15) is 0 Å². The van der Waals surface area contributed by atoms with Gasteiger partial charge in [-0.3, -0.25) is 0 Å². The van der Waals surface area contributed by atoms with E-state index < -0.39 is 9.84 Å². The zero-order valence-corrected chi connectivity index (χ0v) is 13.8. The summed E-state index contributed by atoms with van der Waals surface area (Å²) in [6.45, 7) is 1.95. The smallest absolute Gasteiger partial charge is 0.150 e. The highest BCUT2D eigenvalue weighted by Crippen LogP contribution is 2.50. The molecule has 20 heavy (non-hydrogen) atoms. The molecule has 0 saturated carbocycles. The molecule has 0 amide bonds. The molecule has 0 radical (unpaired) electrons. The van der Waals surface area contributed by atoms with E-state index in [1.165, 1.54) is 5.56 Å². The second-order valence-corrected chi connectivity index (χ2v) is 9.20. The molecule has 2 aliphatic rings. The lowest BCUT2D eigenvalue weighted by Crippen LogP contribution is -2.47. The predicted molar refractivity (Wildman–Crippen MR) is 84.7 cm³/mol. The molecule has 110 valence electrons. The number of hydrogen-bond donors (Lipinski definition) is 1. The van der Waals surface area contributed by atoms with Gasteiger partial charge in [0, 0.05) is 16.9 Å². The minimum Gasteiger partial charge on any atom is -0.316 e. The van der Waals surface area contributed by atoms with Gasteiger partial charge in [0.25, 0.3) is 0 Å². The molecule has 2 heterocycles. The van der Waals surface area contributed by atoms with E-state index in [2.05, 4.69) is 39.4 Å². The van der Waals surface area contributed by atoms with Crippen LogP contribution in [0.4, 0.5) is 0 Å². The summed E-state index contributed by atoms with van der Waals surface area (Å²) in [5.74, 6) is 1.12. The van der Waals surface area contributed by atoms with E-state index in [-0.39, 0.29) is 5.41 Å². The van der Waals surface area contributed by atoms with Gasteiger partial charge < -0.3 is 5.32 Å². The third-order valence-electron chi connectivity index (χ3n) is 4.99. The normalized spacial score (nSPS) is 28.4. The van der Waals surface area contributed by atoms with Crippen LogP contribution >= 0.6 is 15.9 Å². The standard InChI is InChI=1S/C15H20BrNO2S/c16-14-4-2-1-3-12(14)13-11-17-8-5-15(13)6-9-20(18,19)10-7-15/h1-4,13,17H,5-11H2. The first-order chi connectivity index (χ1) is 9.53. The molecule has 3 nitrogen and oxygen atoms in total. The van der Waals surface area contributed by atoms with Crippen molar-refractivity contribution in [2.75, 3.05) is 24.6 Å². The molecule has 5 heteroatoms. The van der Waals surface area contributed by atoms with Crippen LogP contribution in [0.5, 0.6) is 0 Å². The van der Waals surface area contributed by atoms with Gasteiger partial charge in [0.15, 0.2) is 0 Å². The molecule has 0 aliphatic carbocycles. The SMILES string of the molecule is O=S1(=O)CCC2(CCNCC2c2ccccc2Br)CC1. The van der Waals surface area contributed by atoms with Crippen molar-refractivity contribution in [1.29, 1.82) is 0 Å². The monoisotopic (exact) mass is 357 g/mol. The quantitative estimate of drug-likeness (QED) is 0.840. The summed E-state index contributed by atoms with van der Waals surface area (Å²) < 4.78 is 24.7. The Morgan fingerprint density at radius 2 is 1.85 bits per heavy atom. The van der Waals surface area contributed by atoms with Crippen molar-refractivity contribution < 1.29 is 8.42 Å². The van der Waals surface area contributed by atoms with Crippen LogP contribution in [0.2, 0.25) is 0 Å². The first-order valence-corrected chi connectivity index (χ1v) is 9.79. The average molecular weight is 358 g/mol. The first kappa shape index (κ1) is 14.5. The highest BCUT2D eigenvalue weighted by molar-refractivity contribution is 9.10. The van der Waals surface area contributed by atoms with Crippen LogP contribution in [-0.2, 0) is 9.84 Å². The molecule has 1 N–H and O–H groups in total. The fraction of sp³-hybridized carbons (Fsp3) is 0.600. The lowest BCUT2D eigenvalue weighted by molar-refractivity contribution is 0.144. The maximum Gasteiger partial charge on any atom is 0.150 e. The summed E-state index contributed by atoms with van der Waals surface area (Å²) in [4.78, 5) is 0. The third kappa shape index (κ3) is 2.68. The lowest BCUT2D eigenvalue weighted by atomic mass is 9.64. The topological polar surface area (TPSA) is 46.2 Å². The van der Waals surface area contributed by atoms with Crippen molar-refractivity contribution >= 4 is 25.8 Å². The summed E-state index contributed by atoms with van der Waals surface area (Å²) in [7, 11) is -2.81. The largest absolute Gasteiger partial charge is 0.316 e. The molecule has 2 fully saturated rings. The van der Waals surface area contributed by atoms with Crippen molar-refractivity contribution in [3.05, 3.63) is 34.3 Å². The number of hydrogen-bond acceptors (Lipinski definition) is 3. The van der Waals surface area contributed by atoms with E-state index in [1.54, 1.807) is 0 Å². The van der Waals surface area contributed by atoms with Crippen LogP contribution in [0.15, 0.2) is 28.7 Å². The Hall–Kier alpha value is -0.390. The zero-order valence-electron chi connectivity index (χ0n) is 11.4. The van der Waals surface area contributed by atoms with Gasteiger partial charge in [0.1, 0.15) is 9.84 Å². The van der Waals surface area contributed by atoms with Crippen molar-refractivity contribution in [2.24, 2.45) is 5.41 Å². The zero-order chi connectivity index (χ0) is 14.2. The van der Waals surface area contributed by atoms with Crippen LogP contribution in [0.3, 0.4) is 0 Å². The minimum absolute atomic E-state index is 0.153. The Balaban J connectivity index is 1.94. The van der Waals surface area contributed by atoms with Crippen LogP contribution in [-0.4, -0.2) is 33.0 Å². The van der Waals surface area contributed by atoms with Gasteiger partial charge in [-0.25, -0.2) is 8.42 Å². The maximum absolute atomic E-state index is 11.8. The molecule has 0 bridgehead atoms. The van der Waals surface area contributed by atoms with Gasteiger partial charge in [0.05, 0.1) is 11.5 Å². The Bertz CT molecular complexity index is 586. The van der Waals surface area contributed by atoms with Crippen LogP contribution < -0.4 is 5.32 Å². The molecule has 3 rings (SSSR count). The van der Waals surface area contributed by atoms with Crippen molar-refractivity contribution in [1.82, 2.24) is 5.32 Å². The molecule has 1 aromatic carbocycles. The van der Waals surface area contributed by atoms with Crippen molar-refractivity contribution in [3.8, 4) is 0 Å².